The SMILES string of the molecule is CC[C@H](C(=O)NC(=S)N1CCOCC1)C(C)C. The normalized spacial score (nSPS) is 18.0. The molecule has 0 aromatic rings. The number of rotatable bonds is 3. The summed E-state index contributed by atoms with van der Waals surface area (Å²) in [6.45, 7) is 9.03. The van der Waals surface area contributed by atoms with Crippen LogP contribution in [0.15, 0.2) is 0 Å². The van der Waals surface area contributed by atoms with Gasteiger partial charge in [0.2, 0.25) is 5.91 Å². The lowest BCUT2D eigenvalue weighted by Crippen LogP contribution is -2.49. The molecule has 1 heterocycles. The number of carbonyl (C=O) groups excluding carboxylic acids is 1. The molecule has 1 fully saturated rings. The lowest BCUT2D eigenvalue weighted by molar-refractivity contribution is -0.125. The summed E-state index contributed by atoms with van der Waals surface area (Å²) < 4.78 is 5.25. The third-order valence-electron chi connectivity index (χ3n) is 3.11. The number of morpholine rings is 1. The van der Waals surface area contributed by atoms with Crippen molar-refractivity contribution in [3.05, 3.63) is 0 Å². The molecule has 0 unspecified atom stereocenters. The van der Waals surface area contributed by atoms with Crippen LogP contribution in [0.4, 0.5) is 0 Å². The van der Waals surface area contributed by atoms with E-state index < -0.39 is 0 Å². The van der Waals surface area contributed by atoms with Gasteiger partial charge in [-0.2, -0.15) is 0 Å². The monoisotopic (exact) mass is 258 g/mol. The molecule has 17 heavy (non-hydrogen) atoms. The third kappa shape index (κ3) is 4.24. The summed E-state index contributed by atoms with van der Waals surface area (Å²) in [5, 5.41) is 3.38. The van der Waals surface area contributed by atoms with Crippen molar-refractivity contribution in [2.24, 2.45) is 11.8 Å². The summed E-state index contributed by atoms with van der Waals surface area (Å²) >= 11 is 5.24. The molecule has 0 bridgehead atoms. The second kappa shape index (κ2) is 6.91. The van der Waals surface area contributed by atoms with E-state index in [9.17, 15) is 4.79 Å². The fraction of sp³-hybridized carbons (Fsp3) is 0.833. The molecule has 0 aliphatic carbocycles. The van der Waals surface area contributed by atoms with Gasteiger partial charge < -0.3 is 15.0 Å². The number of hydrogen-bond donors (Lipinski definition) is 1. The van der Waals surface area contributed by atoms with Gasteiger partial charge in [-0.15, -0.1) is 0 Å². The summed E-state index contributed by atoms with van der Waals surface area (Å²) in [4.78, 5) is 14.0. The Morgan fingerprint density at radius 3 is 2.47 bits per heavy atom. The van der Waals surface area contributed by atoms with Gasteiger partial charge in [-0.1, -0.05) is 20.8 Å². The molecular formula is C12H22N2O2S. The van der Waals surface area contributed by atoms with Gasteiger partial charge in [0.1, 0.15) is 0 Å². The molecule has 1 atom stereocenters. The smallest absolute Gasteiger partial charge is 0.229 e. The van der Waals surface area contributed by atoms with E-state index in [4.69, 9.17) is 17.0 Å². The van der Waals surface area contributed by atoms with Gasteiger partial charge >= 0.3 is 0 Å². The van der Waals surface area contributed by atoms with E-state index in [0.717, 1.165) is 19.5 Å². The molecule has 1 saturated heterocycles. The van der Waals surface area contributed by atoms with Crippen molar-refractivity contribution >= 4 is 23.2 Å². The van der Waals surface area contributed by atoms with Crippen molar-refractivity contribution in [3.8, 4) is 0 Å². The standard InChI is InChI=1S/C12H22N2O2S/c1-4-10(9(2)3)11(15)13-12(17)14-5-7-16-8-6-14/h9-10H,4-8H2,1-3H3,(H,13,15,17)/t10-/m0/s1. The zero-order valence-corrected chi connectivity index (χ0v) is 11.7. The van der Waals surface area contributed by atoms with Crippen molar-refractivity contribution in [2.45, 2.75) is 27.2 Å². The first kappa shape index (κ1) is 14.4. The van der Waals surface area contributed by atoms with E-state index in [-0.39, 0.29) is 11.8 Å². The Hall–Kier alpha value is -0.680. The largest absolute Gasteiger partial charge is 0.378 e. The minimum atomic E-state index is 0.0361. The van der Waals surface area contributed by atoms with Gasteiger partial charge in [-0.25, -0.2) is 0 Å². The molecule has 1 aliphatic rings. The molecule has 1 rings (SSSR count). The first-order valence-electron chi connectivity index (χ1n) is 6.23. The van der Waals surface area contributed by atoms with E-state index in [2.05, 4.69) is 19.2 Å². The molecule has 5 heteroatoms. The Kier molecular flexibility index (Phi) is 5.85. The fourth-order valence-corrected chi connectivity index (χ4v) is 2.29. The van der Waals surface area contributed by atoms with E-state index in [0.29, 0.717) is 24.2 Å². The number of thiocarbonyl (C=S) groups is 1. The first-order chi connectivity index (χ1) is 8.06. The molecule has 98 valence electrons. The average Bonchev–Trinajstić information content (AvgIpc) is 2.30. The van der Waals surface area contributed by atoms with E-state index >= 15 is 0 Å². The highest BCUT2D eigenvalue weighted by atomic mass is 32.1. The Morgan fingerprint density at radius 1 is 1.41 bits per heavy atom. The van der Waals surface area contributed by atoms with Crippen LogP contribution in [0.3, 0.4) is 0 Å². The van der Waals surface area contributed by atoms with Crippen LogP contribution in [0.5, 0.6) is 0 Å². The Labute approximate surface area is 109 Å². The molecule has 1 amide bonds. The summed E-state index contributed by atoms with van der Waals surface area (Å²) in [6, 6.07) is 0. The van der Waals surface area contributed by atoms with Crippen LogP contribution in [0, 0.1) is 11.8 Å². The number of amides is 1. The van der Waals surface area contributed by atoms with E-state index in [1.165, 1.54) is 0 Å². The topological polar surface area (TPSA) is 41.6 Å². The molecule has 0 spiro atoms. The Bertz CT molecular complexity index is 276. The Morgan fingerprint density at radius 2 is 2.00 bits per heavy atom. The van der Waals surface area contributed by atoms with Crippen LogP contribution >= 0.6 is 12.2 Å². The number of hydrogen-bond acceptors (Lipinski definition) is 3. The molecule has 0 saturated carbocycles. The van der Waals surface area contributed by atoms with Crippen molar-refractivity contribution in [2.75, 3.05) is 26.3 Å². The highest BCUT2D eigenvalue weighted by Crippen LogP contribution is 2.14. The quantitative estimate of drug-likeness (QED) is 0.777. The number of carbonyl (C=O) groups is 1. The van der Waals surface area contributed by atoms with Gasteiger partial charge in [0, 0.05) is 19.0 Å². The van der Waals surface area contributed by atoms with Gasteiger partial charge in [0.15, 0.2) is 5.11 Å². The predicted octanol–water partition coefficient (Wildman–Crippen LogP) is 1.40. The van der Waals surface area contributed by atoms with Crippen LogP contribution in [0.1, 0.15) is 27.2 Å². The van der Waals surface area contributed by atoms with Crippen molar-refractivity contribution < 1.29 is 9.53 Å². The zero-order chi connectivity index (χ0) is 12.8. The second-order valence-corrected chi connectivity index (χ2v) is 5.04. The number of nitrogens with one attached hydrogen (secondary N) is 1. The molecule has 1 N–H and O–H groups in total. The fourth-order valence-electron chi connectivity index (χ4n) is 2.00. The van der Waals surface area contributed by atoms with Crippen LogP contribution in [-0.4, -0.2) is 42.2 Å². The molecular weight excluding hydrogens is 236 g/mol. The third-order valence-corrected chi connectivity index (χ3v) is 3.47. The average molecular weight is 258 g/mol. The zero-order valence-electron chi connectivity index (χ0n) is 10.9. The summed E-state index contributed by atoms with van der Waals surface area (Å²) in [7, 11) is 0. The van der Waals surface area contributed by atoms with Crippen LogP contribution in [0.2, 0.25) is 0 Å². The molecule has 0 aromatic carbocycles. The lowest BCUT2D eigenvalue weighted by atomic mass is 9.92. The highest BCUT2D eigenvalue weighted by molar-refractivity contribution is 7.80. The van der Waals surface area contributed by atoms with Crippen molar-refractivity contribution in [1.29, 1.82) is 0 Å². The minimum absolute atomic E-state index is 0.0361. The molecule has 0 radical (unpaired) electrons. The van der Waals surface area contributed by atoms with Crippen molar-refractivity contribution in [1.82, 2.24) is 10.2 Å². The molecule has 4 nitrogen and oxygen atoms in total. The molecule has 0 aromatic heterocycles. The summed E-state index contributed by atoms with van der Waals surface area (Å²) in [5.74, 6) is 0.417. The predicted molar refractivity (Wildman–Crippen MR) is 71.8 cm³/mol. The van der Waals surface area contributed by atoms with Crippen molar-refractivity contribution in [3.63, 3.8) is 0 Å². The van der Waals surface area contributed by atoms with E-state index in [1.807, 2.05) is 11.8 Å². The minimum Gasteiger partial charge on any atom is -0.378 e. The van der Waals surface area contributed by atoms with Gasteiger partial charge in [-0.3, -0.25) is 4.79 Å². The highest BCUT2D eigenvalue weighted by Gasteiger charge is 2.23. The van der Waals surface area contributed by atoms with Crippen LogP contribution in [-0.2, 0) is 9.53 Å². The number of nitrogens with zero attached hydrogens (tertiary/aromatic N) is 1. The summed E-state index contributed by atoms with van der Waals surface area (Å²) in [5.41, 5.74) is 0. The maximum absolute atomic E-state index is 12.0. The Balaban J connectivity index is 2.46. The maximum atomic E-state index is 12.0. The van der Waals surface area contributed by atoms with E-state index in [1.54, 1.807) is 0 Å². The van der Waals surface area contributed by atoms with Gasteiger partial charge in [0.25, 0.3) is 0 Å². The lowest BCUT2D eigenvalue weighted by Gasteiger charge is -2.30. The van der Waals surface area contributed by atoms with Crippen LogP contribution in [0.25, 0.3) is 0 Å². The van der Waals surface area contributed by atoms with Gasteiger partial charge in [0.05, 0.1) is 13.2 Å². The van der Waals surface area contributed by atoms with Gasteiger partial charge in [-0.05, 0) is 24.6 Å². The molecule has 1 aliphatic heterocycles. The van der Waals surface area contributed by atoms with Crippen LogP contribution < -0.4 is 5.32 Å². The maximum Gasteiger partial charge on any atom is 0.229 e. The second-order valence-electron chi connectivity index (χ2n) is 4.65. The first-order valence-corrected chi connectivity index (χ1v) is 6.64. The number of ether oxygens (including phenoxy) is 1. The summed E-state index contributed by atoms with van der Waals surface area (Å²) in [6.07, 6.45) is 0.842.